The maximum absolute atomic E-state index is 11.7. The minimum atomic E-state index is -0.495. The Labute approximate surface area is 107 Å². The van der Waals surface area contributed by atoms with Crippen molar-refractivity contribution in [1.82, 2.24) is 10.3 Å². The molecule has 1 aromatic rings. The number of fused-ring (bicyclic) bond motifs is 1. The molecular formula is C13H19N3O2. The molecule has 0 atom stereocenters. The number of nitrogens with zero attached hydrogens (tertiary/aromatic N) is 1. The molecule has 0 aromatic carbocycles. The van der Waals surface area contributed by atoms with Crippen LogP contribution >= 0.6 is 0 Å². The van der Waals surface area contributed by atoms with Gasteiger partial charge in [-0.2, -0.15) is 0 Å². The zero-order valence-corrected chi connectivity index (χ0v) is 11.0. The number of aromatic nitrogens is 1. The van der Waals surface area contributed by atoms with Crippen molar-refractivity contribution >= 4 is 11.8 Å². The number of carbonyl (C=O) groups is 1. The van der Waals surface area contributed by atoms with Gasteiger partial charge in [0.2, 0.25) is 0 Å². The van der Waals surface area contributed by atoms with Gasteiger partial charge in [0, 0.05) is 12.7 Å². The van der Waals surface area contributed by atoms with Crippen LogP contribution in [0.4, 0.5) is 10.5 Å². The van der Waals surface area contributed by atoms with Crippen LogP contribution in [0.5, 0.6) is 0 Å². The van der Waals surface area contributed by atoms with Crippen LogP contribution in [0.1, 0.15) is 31.9 Å². The number of anilines is 1. The predicted molar refractivity (Wildman–Crippen MR) is 69.5 cm³/mol. The zero-order chi connectivity index (χ0) is 13.2. The summed E-state index contributed by atoms with van der Waals surface area (Å²) in [7, 11) is 0. The van der Waals surface area contributed by atoms with E-state index in [1.54, 1.807) is 6.20 Å². The van der Waals surface area contributed by atoms with E-state index in [-0.39, 0.29) is 0 Å². The third-order valence-corrected chi connectivity index (χ3v) is 2.66. The van der Waals surface area contributed by atoms with Gasteiger partial charge in [0.25, 0.3) is 0 Å². The Bertz CT molecular complexity index is 452. The van der Waals surface area contributed by atoms with Crippen LogP contribution in [0.15, 0.2) is 12.4 Å². The van der Waals surface area contributed by atoms with Crippen molar-refractivity contribution in [2.75, 3.05) is 11.9 Å². The summed E-state index contributed by atoms with van der Waals surface area (Å²) < 4.78 is 5.23. The van der Waals surface area contributed by atoms with Crippen LogP contribution in [0.25, 0.3) is 0 Å². The van der Waals surface area contributed by atoms with Gasteiger partial charge in [-0.3, -0.25) is 10.3 Å². The Kier molecular flexibility index (Phi) is 3.52. The largest absolute Gasteiger partial charge is 0.444 e. The first kappa shape index (κ1) is 12.8. The summed E-state index contributed by atoms with van der Waals surface area (Å²) in [5.41, 5.74) is 2.52. The second kappa shape index (κ2) is 4.94. The molecule has 0 saturated carbocycles. The van der Waals surface area contributed by atoms with E-state index < -0.39 is 11.7 Å². The third-order valence-electron chi connectivity index (χ3n) is 2.66. The van der Waals surface area contributed by atoms with Gasteiger partial charge in [0.15, 0.2) is 0 Å². The van der Waals surface area contributed by atoms with Crippen LogP contribution < -0.4 is 10.6 Å². The smallest absolute Gasteiger partial charge is 0.412 e. The normalized spacial score (nSPS) is 14.8. The van der Waals surface area contributed by atoms with Crippen molar-refractivity contribution in [3.05, 3.63) is 23.5 Å². The average molecular weight is 249 g/mol. The molecule has 1 aliphatic rings. The lowest BCUT2D eigenvalue weighted by atomic mass is 10.0. The van der Waals surface area contributed by atoms with Gasteiger partial charge in [-0.25, -0.2) is 4.79 Å². The molecular weight excluding hydrogens is 230 g/mol. The van der Waals surface area contributed by atoms with E-state index in [1.807, 2.05) is 27.0 Å². The topological polar surface area (TPSA) is 63.2 Å². The lowest BCUT2D eigenvalue weighted by Crippen LogP contribution is -2.29. The lowest BCUT2D eigenvalue weighted by molar-refractivity contribution is 0.0635. The molecule has 2 rings (SSSR count). The number of carbonyl (C=O) groups excluding carboxylic acids is 1. The highest BCUT2D eigenvalue weighted by Crippen LogP contribution is 2.22. The van der Waals surface area contributed by atoms with Gasteiger partial charge in [0.05, 0.1) is 11.9 Å². The first-order valence-corrected chi connectivity index (χ1v) is 6.12. The quantitative estimate of drug-likeness (QED) is 0.799. The number of rotatable bonds is 1. The first-order chi connectivity index (χ1) is 8.46. The van der Waals surface area contributed by atoms with E-state index in [0.717, 1.165) is 30.8 Å². The molecule has 5 nitrogen and oxygen atoms in total. The van der Waals surface area contributed by atoms with Gasteiger partial charge >= 0.3 is 6.09 Å². The number of amides is 1. The fourth-order valence-corrected chi connectivity index (χ4v) is 1.91. The number of nitrogens with one attached hydrogen (secondary N) is 2. The van der Waals surface area contributed by atoms with Gasteiger partial charge < -0.3 is 10.1 Å². The summed E-state index contributed by atoms with van der Waals surface area (Å²) in [5, 5.41) is 6.05. The molecule has 0 saturated heterocycles. The van der Waals surface area contributed by atoms with Crippen LogP contribution in [-0.4, -0.2) is 23.2 Å². The highest BCUT2D eigenvalue weighted by molar-refractivity contribution is 5.86. The minimum absolute atomic E-state index is 0.441. The fourth-order valence-electron chi connectivity index (χ4n) is 1.91. The SMILES string of the molecule is CC(C)(C)OC(=O)Nc1cncc2c1CNCC2. The Hall–Kier alpha value is -1.62. The molecule has 1 amide bonds. The Morgan fingerprint density at radius 1 is 1.44 bits per heavy atom. The van der Waals surface area contributed by atoms with E-state index in [9.17, 15) is 4.79 Å². The number of hydrogen-bond acceptors (Lipinski definition) is 4. The molecule has 2 heterocycles. The van der Waals surface area contributed by atoms with E-state index in [2.05, 4.69) is 15.6 Å². The van der Waals surface area contributed by atoms with Crippen molar-refractivity contribution in [1.29, 1.82) is 0 Å². The van der Waals surface area contributed by atoms with Crippen molar-refractivity contribution < 1.29 is 9.53 Å². The standard InChI is InChI=1S/C13H19N3O2/c1-13(2,3)18-12(17)16-11-8-15-6-9-4-5-14-7-10(9)11/h6,8,14H,4-5,7H2,1-3H3,(H,16,17). The third kappa shape index (κ3) is 3.20. The Morgan fingerprint density at radius 3 is 2.94 bits per heavy atom. The zero-order valence-electron chi connectivity index (χ0n) is 11.0. The second-order valence-corrected chi connectivity index (χ2v) is 5.38. The molecule has 98 valence electrons. The molecule has 0 unspecified atom stereocenters. The number of pyridine rings is 1. The van der Waals surface area contributed by atoms with Crippen molar-refractivity contribution in [2.24, 2.45) is 0 Å². The molecule has 1 aliphatic heterocycles. The van der Waals surface area contributed by atoms with E-state index in [1.165, 1.54) is 5.56 Å². The summed E-state index contributed by atoms with van der Waals surface area (Å²) in [4.78, 5) is 15.9. The van der Waals surface area contributed by atoms with Crippen LogP contribution in [0.3, 0.4) is 0 Å². The van der Waals surface area contributed by atoms with E-state index in [4.69, 9.17) is 4.74 Å². The average Bonchev–Trinajstić information content (AvgIpc) is 2.27. The molecule has 0 aliphatic carbocycles. The van der Waals surface area contributed by atoms with Gasteiger partial charge in [-0.05, 0) is 44.9 Å². The summed E-state index contributed by atoms with van der Waals surface area (Å²) in [6.45, 7) is 7.22. The van der Waals surface area contributed by atoms with E-state index in [0.29, 0.717) is 0 Å². The van der Waals surface area contributed by atoms with Gasteiger partial charge in [-0.15, -0.1) is 0 Å². The van der Waals surface area contributed by atoms with Crippen molar-refractivity contribution in [2.45, 2.75) is 39.3 Å². The monoisotopic (exact) mass is 249 g/mol. The van der Waals surface area contributed by atoms with Gasteiger partial charge in [-0.1, -0.05) is 0 Å². The van der Waals surface area contributed by atoms with Crippen molar-refractivity contribution in [3.8, 4) is 0 Å². The molecule has 1 aromatic heterocycles. The number of hydrogen-bond donors (Lipinski definition) is 2. The molecule has 2 N–H and O–H groups in total. The highest BCUT2D eigenvalue weighted by Gasteiger charge is 2.19. The molecule has 0 bridgehead atoms. The maximum atomic E-state index is 11.7. The van der Waals surface area contributed by atoms with E-state index >= 15 is 0 Å². The summed E-state index contributed by atoms with van der Waals surface area (Å²) in [5.74, 6) is 0. The molecule has 18 heavy (non-hydrogen) atoms. The molecule has 5 heteroatoms. The summed E-state index contributed by atoms with van der Waals surface area (Å²) in [6, 6.07) is 0. The number of ether oxygens (including phenoxy) is 1. The summed E-state index contributed by atoms with van der Waals surface area (Å²) in [6.07, 6.45) is 4.02. The second-order valence-electron chi connectivity index (χ2n) is 5.38. The molecule has 0 radical (unpaired) electrons. The first-order valence-electron chi connectivity index (χ1n) is 6.12. The van der Waals surface area contributed by atoms with Crippen LogP contribution in [-0.2, 0) is 17.7 Å². The summed E-state index contributed by atoms with van der Waals surface area (Å²) >= 11 is 0. The predicted octanol–water partition coefficient (Wildman–Crippen LogP) is 2.07. The Morgan fingerprint density at radius 2 is 2.22 bits per heavy atom. The van der Waals surface area contributed by atoms with Crippen LogP contribution in [0, 0.1) is 0 Å². The van der Waals surface area contributed by atoms with Crippen molar-refractivity contribution in [3.63, 3.8) is 0 Å². The highest BCUT2D eigenvalue weighted by atomic mass is 16.6. The molecule has 0 spiro atoms. The maximum Gasteiger partial charge on any atom is 0.412 e. The van der Waals surface area contributed by atoms with Gasteiger partial charge in [0.1, 0.15) is 5.60 Å². The minimum Gasteiger partial charge on any atom is -0.444 e. The lowest BCUT2D eigenvalue weighted by Gasteiger charge is -2.22. The molecule has 0 fully saturated rings. The van der Waals surface area contributed by atoms with Crippen LogP contribution in [0.2, 0.25) is 0 Å². The fraction of sp³-hybridized carbons (Fsp3) is 0.538. The Balaban J connectivity index is 2.12.